The van der Waals surface area contributed by atoms with Gasteiger partial charge in [0.05, 0.1) is 19.6 Å². The molecule has 0 bridgehead atoms. The predicted octanol–water partition coefficient (Wildman–Crippen LogP) is 2.82. The van der Waals surface area contributed by atoms with Gasteiger partial charge in [0.15, 0.2) is 0 Å². The van der Waals surface area contributed by atoms with E-state index >= 15 is 0 Å². The molecule has 112 valence electrons. The fourth-order valence-electron chi connectivity index (χ4n) is 1.68. The number of methoxy groups -OCH3 is 1. The Morgan fingerprint density at radius 2 is 2.05 bits per heavy atom. The maximum atomic E-state index is 12.1. The molecule has 1 aromatic rings. The lowest BCUT2D eigenvalue weighted by molar-refractivity contribution is -0.274. The molecular weight excluding hydrogens is 277 g/mol. The lowest BCUT2D eigenvalue weighted by atomic mass is 9.94. The van der Waals surface area contributed by atoms with Crippen LogP contribution in [0.5, 0.6) is 5.75 Å². The number of alkyl halides is 3. The fraction of sp³-hybridized carbons (Fsp3) is 0.462. The summed E-state index contributed by atoms with van der Waals surface area (Å²) < 4.78 is 44.6. The van der Waals surface area contributed by atoms with E-state index in [1.54, 1.807) is 6.92 Å². The van der Waals surface area contributed by atoms with Crippen molar-refractivity contribution in [1.29, 1.82) is 0 Å². The zero-order valence-corrected chi connectivity index (χ0v) is 11.0. The van der Waals surface area contributed by atoms with Gasteiger partial charge in [-0.2, -0.15) is 0 Å². The second kappa shape index (κ2) is 6.60. The van der Waals surface area contributed by atoms with Gasteiger partial charge in [-0.1, -0.05) is 19.1 Å². The van der Waals surface area contributed by atoms with E-state index in [-0.39, 0.29) is 12.0 Å². The number of rotatable bonds is 5. The molecule has 2 atom stereocenters. The van der Waals surface area contributed by atoms with E-state index < -0.39 is 30.1 Å². The predicted molar refractivity (Wildman–Crippen MR) is 63.9 cm³/mol. The van der Waals surface area contributed by atoms with Crippen molar-refractivity contribution in [2.45, 2.75) is 25.8 Å². The van der Waals surface area contributed by atoms with Gasteiger partial charge in [0.25, 0.3) is 0 Å². The Labute approximate surface area is 114 Å². The molecule has 0 aliphatic heterocycles. The Bertz CT molecular complexity index is 459. The molecule has 0 heterocycles. The lowest BCUT2D eigenvalue weighted by Gasteiger charge is -2.19. The van der Waals surface area contributed by atoms with Crippen molar-refractivity contribution in [2.75, 3.05) is 7.11 Å². The van der Waals surface area contributed by atoms with Gasteiger partial charge >= 0.3 is 12.3 Å². The summed E-state index contributed by atoms with van der Waals surface area (Å²) in [5.74, 6) is -1.41. The smallest absolute Gasteiger partial charge is 0.469 e. The van der Waals surface area contributed by atoms with Crippen LogP contribution in [-0.2, 0) is 9.53 Å². The molecule has 0 radical (unpaired) electrons. The Morgan fingerprint density at radius 3 is 2.60 bits per heavy atom. The first-order chi connectivity index (χ1) is 9.23. The van der Waals surface area contributed by atoms with Crippen LogP contribution < -0.4 is 4.74 Å². The minimum absolute atomic E-state index is 0.0397. The lowest BCUT2D eigenvalue weighted by Crippen LogP contribution is -2.18. The molecule has 2 unspecified atom stereocenters. The molecule has 0 saturated heterocycles. The van der Waals surface area contributed by atoms with Crippen molar-refractivity contribution in [2.24, 2.45) is 5.92 Å². The summed E-state index contributed by atoms with van der Waals surface area (Å²) in [6, 6.07) is 5.02. The molecule has 1 aromatic carbocycles. The van der Waals surface area contributed by atoms with E-state index in [4.69, 9.17) is 0 Å². The highest BCUT2D eigenvalue weighted by Gasteiger charge is 2.31. The molecule has 0 aliphatic rings. The Hall–Kier alpha value is -1.76. The number of halogens is 3. The number of aliphatic hydroxyl groups excluding tert-OH is 1. The van der Waals surface area contributed by atoms with Crippen LogP contribution in [0.3, 0.4) is 0 Å². The molecule has 0 aliphatic carbocycles. The maximum Gasteiger partial charge on any atom is 0.573 e. The normalized spacial score (nSPS) is 14.5. The third kappa shape index (κ3) is 5.08. The summed E-state index contributed by atoms with van der Waals surface area (Å²) in [6.07, 6.45) is -5.92. The topological polar surface area (TPSA) is 55.8 Å². The number of aliphatic hydroxyl groups is 1. The van der Waals surface area contributed by atoms with E-state index in [0.717, 1.165) is 12.1 Å². The Balaban J connectivity index is 2.80. The van der Waals surface area contributed by atoms with Crippen molar-refractivity contribution in [3.63, 3.8) is 0 Å². The molecule has 7 heteroatoms. The summed E-state index contributed by atoms with van der Waals surface area (Å²) in [4.78, 5) is 11.1. The molecule has 0 saturated carbocycles. The molecule has 0 aromatic heterocycles. The van der Waals surface area contributed by atoms with Crippen LogP contribution in [0, 0.1) is 5.92 Å². The van der Waals surface area contributed by atoms with E-state index in [9.17, 15) is 23.1 Å². The van der Waals surface area contributed by atoms with Gasteiger partial charge in [-0.3, -0.25) is 4.79 Å². The standard InChI is InChI=1S/C13H15F3O4/c1-8(6-11(17)19-2)12(18)9-4-3-5-10(7-9)20-13(14,15)16/h3-5,7-8,12,18H,6H2,1-2H3. The summed E-state index contributed by atoms with van der Waals surface area (Å²) in [6.45, 7) is 1.60. The minimum Gasteiger partial charge on any atom is -0.469 e. The number of carbonyl (C=O) groups excluding carboxylic acids is 1. The first-order valence-electron chi connectivity index (χ1n) is 5.83. The SMILES string of the molecule is COC(=O)CC(C)C(O)c1cccc(OC(F)(F)F)c1. The van der Waals surface area contributed by atoms with Gasteiger partial charge in [0.1, 0.15) is 5.75 Å². The first-order valence-corrected chi connectivity index (χ1v) is 5.83. The van der Waals surface area contributed by atoms with E-state index in [2.05, 4.69) is 9.47 Å². The van der Waals surface area contributed by atoms with E-state index in [1.165, 1.54) is 19.2 Å². The van der Waals surface area contributed by atoms with Crippen molar-refractivity contribution in [3.8, 4) is 5.75 Å². The largest absolute Gasteiger partial charge is 0.573 e. The van der Waals surface area contributed by atoms with E-state index in [0.29, 0.717) is 0 Å². The van der Waals surface area contributed by atoms with Crippen molar-refractivity contribution < 1.29 is 32.5 Å². The minimum atomic E-state index is -4.79. The zero-order chi connectivity index (χ0) is 15.3. The average molecular weight is 292 g/mol. The monoisotopic (exact) mass is 292 g/mol. The van der Waals surface area contributed by atoms with Gasteiger partial charge < -0.3 is 14.6 Å². The third-order valence-corrected chi connectivity index (χ3v) is 2.69. The van der Waals surface area contributed by atoms with Crippen LogP contribution >= 0.6 is 0 Å². The number of ether oxygens (including phenoxy) is 2. The van der Waals surface area contributed by atoms with Crippen LogP contribution in [0.15, 0.2) is 24.3 Å². The van der Waals surface area contributed by atoms with Crippen LogP contribution in [-0.4, -0.2) is 24.5 Å². The van der Waals surface area contributed by atoms with Gasteiger partial charge in [-0.25, -0.2) is 0 Å². The van der Waals surface area contributed by atoms with Crippen LogP contribution in [0.2, 0.25) is 0 Å². The van der Waals surface area contributed by atoms with Crippen molar-refractivity contribution in [3.05, 3.63) is 29.8 Å². The molecular formula is C13H15F3O4. The van der Waals surface area contributed by atoms with Crippen LogP contribution in [0.4, 0.5) is 13.2 Å². The number of esters is 1. The summed E-state index contributed by atoms with van der Waals surface area (Å²) in [5, 5.41) is 10.0. The number of hydrogen-bond acceptors (Lipinski definition) is 4. The molecule has 1 N–H and O–H groups in total. The van der Waals surface area contributed by atoms with Gasteiger partial charge in [0, 0.05) is 0 Å². The second-order valence-corrected chi connectivity index (χ2v) is 4.32. The number of carbonyl (C=O) groups is 1. The van der Waals surface area contributed by atoms with Crippen molar-refractivity contribution in [1.82, 2.24) is 0 Å². The molecule has 4 nitrogen and oxygen atoms in total. The van der Waals surface area contributed by atoms with E-state index in [1.807, 2.05) is 0 Å². The zero-order valence-electron chi connectivity index (χ0n) is 11.0. The Morgan fingerprint density at radius 1 is 1.40 bits per heavy atom. The quantitative estimate of drug-likeness (QED) is 0.848. The Kier molecular flexibility index (Phi) is 5.38. The van der Waals surface area contributed by atoms with Crippen molar-refractivity contribution >= 4 is 5.97 Å². The summed E-state index contributed by atoms with van der Waals surface area (Å²) in [5.41, 5.74) is 0.239. The number of hydrogen-bond donors (Lipinski definition) is 1. The summed E-state index contributed by atoms with van der Waals surface area (Å²) in [7, 11) is 1.22. The molecule has 1 rings (SSSR count). The van der Waals surface area contributed by atoms with Crippen LogP contribution in [0.1, 0.15) is 25.0 Å². The molecule has 0 fully saturated rings. The maximum absolute atomic E-state index is 12.1. The number of benzene rings is 1. The van der Waals surface area contributed by atoms with Gasteiger partial charge in [-0.15, -0.1) is 13.2 Å². The first kappa shape index (κ1) is 16.3. The summed E-state index contributed by atoms with van der Waals surface area (Å²) >= 11 is 0. The van der Waals surface area contributed by atoms with Gasteiger partial charge in [-0.05, 0) is 23.6 Å². The third-order valence-electron chi connectivity index (χ3n) is 2.69. The molecule has 0 amide bonds. The van der Waals surface area contributed by atoms with Gasteiger partial charge in [0.2, 0.25) is 0 Å². The van der Waals surface area contributed by atoms with Crippen LogP contribution in [0.25, 0.3) is 0 Å². The highest BCUT2D eigenvalue weighted by Crippen LogP contribution is 2.29. The second-order valence-electron chi connectivity index (χ2n) is 4.32. The highest BCUT2D eigenvalue weighted by atomic mass is 19.4. The fourth-order valence-corrected chi connectivity index (χ4v) is 1.68. The highest BCUT2D eigenvalue weighted by molar-refractivity contribution is 5.69. The molecule has 0 spiro atoms. The molecule has 20 heavy (non-hydrogen) atoms. The average Bonchev–Trinajstić information content (AvgIpc) is 2.35.